The minimum Gasteiger partial charge on any atom is -0.465 e. The quantitative estimate of drug-likeness (QED) is 0.480. The largest absolute Gasteiger partial charge is 0.465 e. The standard InChI is InChI=1S/C22H21BrN2O4S/c1-28-22(27)18-14-6-4-2-3-5-7-17(14)30-21(18)25-20(26)15-11-12-10-13(23)8-9-16(12)29-19(15)24/h8-11,24H,2-7H2,1H3,(H,25,26). The highest BCUT2D eigenvalue weighted by atomic mass is 79.9. The third-order valence-corrected chi connectivity index (χ3v) is 6.96. The number of hydrogen-bond donors (Lipinski definition) is 2. The van der Waals surface area contributed by atoms with Crippen LogP contribution in [0.1, 0.15) is 56.8 Å². The molecule has 0 aliphatic heterocycles. The van der Waals surface area contributed by atoms with Crippen LogP contribution in [0.3, 0.4) is 0 Å². The molecule has 3 aromatic rings. The Morgan fingerprint density at radius 2 is 1.93 bits per heavy atom. The summed E-state index contributed by atoms with van der Waals surface area (Å²) < 4.78 is 11.4. The van der Waals surface area contributed by atoms with Crippen molar-refractivity contribution < 1.29 is 18.7 Å². The first-order chi connectivity index (χ1) is 14.5. The van der Waals surface area contributed by atoms with Gasteiger partial charge in [-0.1, -0.05) is 28.8 Å². The van der Waals surface area contributed by atoms with E-state index in [1.807, 2.05) is 12.1 Å². The molecule has 1 amide bonds. The van der Waals surface area contributed by atoms with E-state index in [1.165, 1.54) is 24.9 Å². The number of ether oxygens (including phenoxy) is 1. The lowest BCUT2D eigenvalue weighted by atomic mass is 9.96. The van der Waals surface area contributed by atoms with Crippen molar-refractivity contribution in [3.8, 4) is 0 Å². The number of aryl methyl sites for hydroxylation is 1. The lowest BCUT2D eigenvalue weighted by Crippen LogP contribution is -2.21. The maximum atomic E-state index is 13.0. The van der Waals surface area contributed by atoms with Crippen LogP contribution in [0.15, 0.2) is 33.2 Å². The van der Waals surface area contributed by atoms with E-state index in [2.05, 4.69) is 21.2 Å². The van der Waals surface area contributed by atoms with Gasteiger partial charge in [-0.25, -0.2) is 4.79 Å². The molecule has 2 heterocycles. The van der Waals surface area contributed by atoms with E-state index in [0.717, 1.165) is 47.0 Å². The number of hydrogen-bond acceptors (Lipinski definition) is 6. The maximum Gasteiger partial charge on any atom is 0.341 e. The molecule has 0 bridgehead atoms. The SMILES string of the molecule is COC(=O)c1c(NC(=O)c2cc3cc(Br)ccc3oc2=N)sc2c1CCCCCC2. The fourth-order valence-electron chi connectivity index (χ4n) is 3.78. The molecule has 0 saturated heterocycles. The van der Waals surface area contributed by atoms with Crippen LogP contribution in [-0.2, 0) is 17.6 Å². The molecule has 30 heavy (non-hydrogen) atoms. The number of nitrogens with one attached hydrogen (secondary N) is 2. The van der Waals surface area contributed by atoms with Gasteiger partial charge in [0, 0.05) is 14.7 Å². The fraction of sp³-hybridized carbons (Fsp3) is 0.318. The molecule has 2 N–H and O–H groups in total. The highest BCUT2D eigenvalue weighted by Gasteiger charge is 2.26. The number of anilines is 1. The Morgan fingerprint density at radius 3 is 2.70 bits per heavy atom. The topological polar surface area (TPSA) is 92.4 Å². The van der Waals surface area contributed by atoms with Crippen molar-refractivity contribution in [3.63, 3.8) is 0 Å². The second-order valence-electron chi connectivity index (χ2n) is 7.24. The van der Waals surface area contributed by atoms with E-state index in [0.29, 0.717) is 21.5 Å². The summed E-state index contributed by atoms with van der Waals surface area (Å²) in [4.78, 5) is 26.7. The average Bonchev–Trinajstić information content (AvgIpc) is 3.03. The predicted octanol–water partition coefficient (Wildman–Crippen LogP) is 5.43. The molecule has 156 valence electrons. The van der Waals surface area contributed by atoms with Crippen LogP contribution in [-0.4, -0.2) is 19.0 Å². The van der Waals surface area contributed by atoms with E-state index >= 15 is 0 Å². The van der Waals surface area contributed by atoms with Crippen molar-refractivity contribution in [1.29, 1.82) is 5.41 Å². The molecule has 0 saturated carbocycles. The summed E-state index contributed by atoms with van der Waals surface area (Å²) in [6.07, 6.45) is 6.07. The smallest absolute Gasteiger partial charge is 0.341 e. The molecule has 0 radical (unpaired) electrons. The molecule has 0 fully saturated rings. The molecule has 4 rings (SSSR count). The number of carbonyl (C=O) groups excluding carboxylic acids is 2. The first-order valence-corrected chi connectivity index (χ1v) is 11.4. The zero-order valence-corrected chi connectivity index (χ0v) is 18.9. The summed E-state index contributed by atoms with van der Waals surface area (Å²) in [5.74, 6) is -0.924. The van der Waals surface area contributed by atoms with Gasteiger partial charge in [-0.15, -0.1) is 11.3 Å². The van der Waals surface area contributed by atoms with Gasteiger partial charge in [0.25, 0.3) is 5.91 Å². The van der Waals surface area contributed by atoms with Crippen LogP contribution in [0.4, 0.5) is 5.00 Å². The van der Waals surface area contributed by atoms with Gasteiger partial charge in [-0.3, -0.25) is 10.2 Å². The van der Waals surface area contributed by atoms with Crippen LogP contribution in [0, 0.1) is 5.41 Å². The molecular weight excluding hydrogens is 468 g/mol. The van der Waals surface area contributed by atoms with Crippen LogP contribution in [0.2, 0.25) is 0 Å². The Hall–Kier alpha value is -2.45. The van der Waals surface area contributed by atoms with E-state index in [1.54, 1.807) is 12.1 Å². The van der Waals surface area contributed by atoms with Gasteiger partial charge < -0.3 is 14.5 Å². The van der Waals surface area contributed by atoms with Crippen molar-refractivity contribution in [3.05, 3.63) is 55.9 Å². The fourth-order valence-corrected chi connectivity index (χ4v) is 5.43. The first-order valence-electron chi connectivity index (χ1n) is 9.80. The van der Waals surface area contributed by atoms with Crippen LogP contribution in [0.5, 0.6) is 0 Å². The third kappa shape index (κ3) is 4.06. The zero-order valence-electron chi connectivity index (χ0n) is 16.5. The van der Waals surface area contributed by atoms with Crippen molar-refractivity contribution in [2.24, 2.45) is 0 Å². The number of benzene rings is 1. The Balaban J connectivity index is 1.73. The summed E-state index contributed by atoms with van der Waals surface area (Å²) in [6.45, 7) is 0. The molecule has 0 unspecified atom stereocenters. The number of fused-ring (bicyclic) bond motifs is 2. The van der Waals surface area contributed by atoms with Gasteiger partial charge in [0.1, 0.15) is 16.1 Å². The predicted molar refractivity (Wildman–Crippen MR) is 119 cm³/mol. The molecule has 0 spiro atoms. The molecule has 6 nitrogen and oxygen atoms in total. The highest BCUT2D eigenvalue weighted by Crippen LogP contribution is 2.37. The van der Waals surface area contributed by atoms with Crippen LogP contribution >= 0.6 is 27.3 Å². The molecule has 0 atom stereocenters. The van der Waals surface area contributed by atoms with Gasteiger partial charge in [0.05, 0.1) is 12.7 Å². The van der Waals surface area contributed by atoms with Gasteiger partial charge in [0.15, 0.2) is 0 Å². The summed E-state index contributed by atoms with van der Waals surface area (Å²) in [7, 11) is 1.35. The second kappa shape index (κ2) is 8.73. The zero-order chi connectivity index (χ0) is 21.3. The summed E-state index contributed by atoms with van der Waals surface area (Å²) in [5, 5.41) is 12.2. The molecule has 8 heteroatoms. The molecule has 1 aliphatic carbocycles. The number of esters is 1. The molecular formula is C22H21BrN2O4S. The second-order valence-corrected chi connectivity index (χ2v) is 9.26. The minimum atomic E-state index is -0.481. The number of carbonyl (C=O) groups is 2. The number of rotatable bonds is 3. The number of amides is 1. The van der Waals surface area contributed by atoms with E-state index in [4.69, 9.17) is 14.6 Å². The number of methoxy groups -OCH3 is 1. The van der Waals surface area contributed by atoms with Gasteiger partial charge in [0.2, 0.25) is 5.55 Å². The van der Waals surface area contributed by atoms with E-state index in [9.17, 15) is 9.59 Å². The minimum absolute atomic E-state index is 0.109. The normalized spacial score (nSPS) is 13.9. The lowest BCUT2D eigenvalue weighted by Gasteiger charge is -2.11. The van der Waals surface area contributed by atoms with E-state index in [-0.39, 0.29) is 11.1 Å². The van der Waals surface area contributed by atoms with Gasteiger partial charge in [-0.05, 0) is 55.5 Å². The molecule has 1 aromatic carbocycles. The van der Waals surface area contributed by atoms with E-state index < -0.39 is 11.9 Å². The summed E-state index contributed by atoms with van der Waals surface area (Å²) in [6, 6.07) is 7.01. The number of halogens is 1. The number of thiophene rings is 1. The average molecular weight is 489 g/mol. The molecule has 2 aromatic heterocycles. The maximum absolute atomic E-state index is 13.0. The Kier molecular flexibility index (Phi) is 6.06. The summed E-state index contributed by atoms with van der Waals surface area (Å²) >= 11 is 4.84. The van der Waals surface area contributed by atoms with Crippen molar-refractivity contribution >= 4 is 55.1 Å². The van der Waals surface area contributed by atoms with Crippen LogP contribution in [0.25, 0.3) is 11.0 Å². The lowest BCUT2D eigenvalue weighted by molar-refractivity contribution is 0.0601. The molecule has 1 aliphatic rings. The van der Waals surface area contributed by atoms with Crippen molar-refractivity contribution in [2.75, 3.05) is 12.4 Å². The summed E-state index contributed by atoms with van der Waals surface area (Å²) in [5.41, 5.74) is 1.84. The third-order valence-electron chi connectivity index (χ3n) is 5.26. The van der Waals surface area contributed by atoms with Gasteiger partial charge in [-0.2, -0.15) is 0 Å². The Morgan fingerprint density at radius 1 is 1.17 bits per heavy atom. The van der Waals surface area contributed by atoms with Crippen LogP contribution < -0.4 is 10.9 Å². The first kappa shape index (κ1) is 20.8. The Bertz CT molecular complexity index is 1200. The Labute approximate surface area is 185 Å². The van der Waals surface area contributed by atoms with Crippen molar-refractivity contribution in [2.45, 2.75) is 38.5 Å². The van der Waals surface area contributed by atoms with Crippen molar-refractivity contribution in [1.82, 2.24) is 0 Å². The monoisotopic (exact) mass is 488 g/mol. The highest BCUT2D eigenvalue weighted by molar-refractivity contribution is 9.10. The van der Waals surface area contributed by atoms with Gasteiger partial charge >= 0.3 is 5.97 Å².